The maximum absolute atomic E-state index is 6.21. The van der Waals surface area contributed by atoms with Gasteiger partial charge in [-0.1, -0.05) is 32.8 Å². The zero-order valence-electron chi connectivity index (χ0n) is 9.63. The average Bonchev–Trinajstić information content (AvgIpc) is 2.69. The van der Waals surface area contributed by atoms with Crippen LogP contribution in [0.3, 0.4) is 0 Å². The molecule has 0 heterocycles. The highest BCUT2D eigenvalue weighted by Gasteiger charge is 2.41. The number of nitrogens with zero attached hydrogens (tertiary/aromatic N) is 1. The zero-order chi connectivity index (χ0) is 10.6. The summed E-state index contributed by atoms with van der Waals surface area (Å²) in [6.07, 6.45) is 7.03. The predicted octanol–water partition coefficient (Wildman–Crippen LogP) is 2.15. The van der Waals surface area contributed by atoms with Crippen molar-refractivity contribution in [3.8, 4) is 0 Å². The highest BCUT2D eigenvalue weighted by Crippen LogP contribution is 2.37. The molecule has 14 heavy (non-hydrogen) atoms. The van der Waals surface area contributed by atoms with E-state index in [2.05, 4.69) is 25.3 Å². The number of rotatable bonds is 5. The van der Waals surface area contributed by atoms with Gasteiger partial charge in [0, 0.05) is 11.6 Å². The van der Waals surface area contributed by atoms with Crippen molar-refractivity contribution in [2.75, 3.05) is 13.1 Å². The third-order valence-corrected chi connectivity index (χ3v) is 3.74. The number of likely N-dealkylation sites (N-methyl/N-ethyl adjacent to an activating group) is 1. The minimum Gasteiger partial charge on any atom is -0.323 e. The predicted molar refractivity (Wildman–Crippen MR) is 62.3 cm³/mol. The van der Waals surface area contributed by atoms with Crippen molar-refractivity contribution in [1.29, 1.82) is 0 Å². The molecule has 0 bridgehead atoms. The molecule has 1 aliphatic carbocycles. The monoisotopic (exact) mass is 196 g/mol. The first-order valence-corrected chi connectivity index (χ1v) is 5.84. The van der Waals surface area contributed by atoms with Gasteiger partial charge >= 0.3 is 0 Å². The lowest BCUT2D eigenvalue weighted by molar-refractivity contribution is 0.0916. The summed E-state index contributed by atoms with van der Waals surface area (Å²) in [7, 11) is 0. The summed E-state index contributed by atoms with van der Waals surface area (Å²) in [5.74, 6) is 0. The first kappa shape index (κ1) is 11.7. The van der Waals surface area contributed by atoms with Gasteiger partial charge in [0.25, 0.3) is 0 Å². The lowest BCUT2D eigenvalue weighted by Crippen LogP contribution is -2.57. The minimum atomic E-state index is 0.130. The van der Waals surface area contributed by atoms with Gasteiger partial charge in [0.2, 0.25) is 0 Å². The minimum absolute atomic E-state index is 0.130. The summed E-state index contributed by atoms with van der Waals surface area (Å²) in [4.78, 5) is 2.52. The second-order valence-corrected chi connectivity index (χ2v) is 4.24. The second-order valence-electron chi connectivity index (χ2n) is 4.24. The van der Waals surface area contributed by atoms with E-state index in [0.29, 0.717) is 0 Å². The van der Waals surface area contributed by atoms with E-state index in [1.807, 2.05) is 6.08 Å². The summed E-state index contributed by atoms with van der Waals surface area (Å²) >= 11 is 0. The molecule has 2 heteroatoms. The summed E-state index contributed by atoms with van der Waals surface area (Å²) in [6, 6.07) is 0.130. The second kappa shape index (κ2) is 4.94. The van der Waals surface area contributed by atoms with Crippen LogP contribution in [-0.2, 0) is 0 Å². The molecule has 82 valence electrons. The van der Waals surface area contributed by atoms with Crippen molar-refractivity contribution in [1.82, 2.24) is 4.90 Å². The Morgan fingerprint density at radius 1 is 1.36 bits per heavy atom. The standard InChI is InChI=1S/C12H24N2/c1-4-11(13)12(9-7-8-10-12)14(5-2)6-3/h4,11H,1,5-10,13H2,2-3H3. The Kier molecular flexibility index (Phi) is 4.14. The molecule has 0 aromatic heterocycles. The van der Waals surface area contributed by atoms with Gasteiger partial charge in [-0.3, -0.25) is 4.90 Å². The molecule has 0 amide bonds. The van der Waals surface area contributed by atoms with Crippen LogP contribution in [0, 0.1) is 0 Å². The molecule has 2 N–H and O–H groups in total. The molecule has 1 atom stereocenters. The van der Waals surface area contributed by atoms with E-state index in [9.17, 15) is 0 Å². The summed E-state index contributed by atoms with van der Waals surface area (Å²) in [6.45, 7) is 10.5. The van der Waals surface area contributed by atoms with Crippen molar-refractivity contribution >= 4 is 0 Å². The normalized spacial score (nSPS) is 22.6. The Morgan fingerprint density at radius 2 is 1.86 bits per heavy atom. The molecule has 0 aromatic carbocycles. The smallest absolute Gasteiger partial charge is 0.0409 e. The summed E-state index contributed by atoms with van der Waals surface area (Å²) in [5.41, 5.74) is 6.42. The van der Waals surface area contributed by atoms with Gasteiger partial charge in [0.05, 0.1) is 0 Å². The topological polar surface area (TPSA) is 29.3 Å². The van der Waals surface area contributed by atoms with Crippen molar-refractivity contribution < 1.29 is 0 Å². The van der Waals surface area contributed by atoms with Gasteiger partial charge < -0.3 is 5.73 Å². The molecule has 0 aliphatic heterocycles. The number of hydrogen-bond acceptors (Lipinski definition) is 2. The fourth-order valence-corrected chi connectivity index (χ4v) is 2.92. The molecule has 1 aliphatic rings. The lowest BCUT2D eigenvalue weighted by atomic mass is 9.86. The SMILES string of the molecule is C=CC(N)C1(N(CC)CC)CCCC1. The van der Waals surface area contributed by atoms with E-state index in [1.165, 1.54) is 25.7 Å². The van der Waals surface area contributed by atoms with Gasteiger partial charge in [0.1, 0.15) is 0 Å². The van der Waals surface area contributed by atoms with Crippen LogP contribution in [-0.4, -0.2) is 29.6 Å². The van der Waals surface area contributed by atoms with Crippen LogP contribution in [0.4, 0.5) is 0 Å². The first-order chi connectivity index (χ1) is 6.71. The van der Waals surface area contributed by atoms with Crippen LogP contribution < -0.4 is 5.73 Å². The van der Waals surface area contributed by atoms with Crippen molar-refractivity contribution in [3.05, 3.63) is 12.7 Å². The highest BCUT2D eigenvalue weighted by atomic mass is 15.2. The molecular weight excluding hydrogens is 172 g/mol. The van der Waals surface area contributed by atoms with E-state index >= 15 is 0 Å². The zero-order valence-corrected chi connectivity index (χ0v) is 9.63. The maximum atomic E-state index is 6.21. The van der Waals surface area contributed by atoms with Crippen LogP contribution >= 0.6 is 0 Å². The molecular formula is C12H24N2. The van der Waals surface area contributed by atoms with Crippen LogP contribution in [0.15, 0.2) is 12.7 Å². The largest absolute Gasteiger partial charge is 0.323 e. The Balaban J connectivity index is 2.84. The number of nitrogens with two attached hydrogens (primary N) is 1. The molecule has 0 spiro atoms. The summed E-state index contributed by atoms with van der Waals surface area (Å²) in [5, 5.41) is 0. The Hall–Kier alpha value is -0.340. The van der Waals surface area contributed by atoms with Crippen LogP contribution in [0.2, 0.25) is 0 Å². The van der Waals surface area contributed by atoms with Gasteiger partial charge in [-0.15, -0.1) is 6.58 Å². The number of hydrogen-bond donors (Lipinski definition) is 1. The molecule has 0 radical (unpaired) electrons. The first-order valence-electron chi connectivity index (χ1n) is 5.84. The highest BCUT2D eigenvalue weighted by molar-refractivity contribution is 5.08. The van der Waals surface area contributed by atoms with Gasteiger partial charge in [-0.25, -0.2) is 0 Å². The fourth-order valence-electron chi connectivity index (χ4n) is 2.92. The molecule has 1 rings (SSSR count). The lowest BCUT2D eigenvalue weighted by Gasteiger charge is -2.43. The molecule has 1 fully saturated rings. The molecule has 2 nitrogen and oxygen atoms in total. The van der Waals surface area contributed by atoms with Crippen molar-refractivity contribution in [3.63, 3.8) is 0 Å². The Morgan fingerprint density at radius 3 is 2.21 bits per heavy atom. The molecule has 0 aromatic rings. The summed E-state index contributed by atoms with van der Waals surface area (Å²) < 4.78 is 0. The molecule has 1 saturated carbocycles. The van der Waals surface area contributed by atoms with Crippen LogP contribution in [0.25, 0.3) is 0 Å². The van der Waals surface area contributed by atoms with E-state index in [-0.39, 0.29) is 11.6 Å². The van der Waals surface area contributed by atoms with Gasteiger partial charge in [-0.05, 0) is 25.9 Å². The average molecular weight is 196 g/mol. The Labute approximate surface area is 88.2 Å². The van der Waals surface area contributed by atoms with Crippen molar-refractivity contribution in [2.24, 2.45) is 5.73 Å². The van der Waals surface area contributed by atoms with Gasteiger partial charge in [-0.2, -0.15) is 0 Å². The van der Waals surface area contributed by atoms with E-state index < -0.39 is 0 Å². The quantitative estimate of drug-likeness (QED) is 0.683. The van der Waals surface area contributed by atoms with Crippen LogP contribution in [0.1, 0.15) is 39.5 Å². The van der Waals surface area contributed by atoms with E-state index in [0.717, 1.165) is 13.1 Å². The van der Waals surface area contributed by atoms with Crippen LogP contribution in [0.5, 0.6) is 0 Å². The third-order valence-electron chi connectivity index (χ3n) is 3.74. The van der Waals surface area contributed by atoms with E-state index in [4.69, 9.17) is 5.73 Å². The van der Waals surface area contributed by atoms with E-state index in [1.54, 1.807) is 0 Å². The van der Waals surface area contributed by atoms with Gasteiger partial charge in [0.15, 0.2) is 0 Å². The molecule has 0 saturated heterocycles. The Bertz CT molecular complexity index is 179. The fraction of sp³-hybridized carbons (Fsp3) is 0.833. The third kappa shape index (κ3) is 1.86. The van der Waals surface area contributed by atoms with Crippen molar-refractivity contribution in [2.45, 2.75) is 51.1 Å². The molecule has 1 unspecified atom stereocenters. The maximum Gasteiger partial charge on any atom is 0.0409 e.